The monoisotopic (exact) mass is 416 g/mol. The second-order valence-corrected chi connectivity index (χ2v) is 6.75. The molecule has 3 N–H and O–H groups in total. The van der Waals surface area contributed by atoms with E-state index < -0.39 is 16.7 Å². The Kier molecular flexibility index (Phi) is 7.61. The second kappa shape index (κ2) is 10.1. The highest BCUT2D eigenvalue weighted by Crippen LogP contribution is 2.19. The molecule has 2 aromatic carbocycles. The number of para-hydroxylation sites is 2. The van der Waals surface area contributed by atoms with Gasteiger partial charge in [0.05, 0.1) is 17.1 Å². The summed E-state index contributed by atoms with van der Waals surface area (Å²) in [6.45, 7) is 4.42. The third-order valence-electron chi connectivity index (χ3n) is 3.57. The lowest BCUT2D eigenvalue weighted by Crippen LogP contribution is -2.48. The minimum atomic E-state index is -0.769. The number of hydrogen-bond acceptors (Lipinski definition) is 6. The zero-order valence-electron chi connectivity index (χ0n) is 15.8. The highest BCUT2D eigenvalue weighted by atomic mass is 32.1. The van der Waals surface area contributed by atoms with Crippen molar-refractivity contribution in [2.24, 2.45) is 5.92 Å². The summed E-state index contributed by atoms with van der Waals surface area (Å²) < 4.78 is 5.63. The number of nitro groups is 1. The summed E-state index contributed by atoms with van der Waals surface area (Å²) in [7, 11) is 0. The van der Waals surface area contributed by atoms with Crippen LogP contribution in [0.15, 0.2) is 48.5 Å². The first kappa shape index (κ1) is 21.8. The molecule has 0 aliphatic carbocycles. The molecule has 0 aliphatic heterocycles. The van der Waals surface area contributed by atoms with E-state index in [1.165, 1.54) is 24.3 Å². The molecule has 152 valence electrons. The fourth-order valence-electron chi connectivity index (χ4n) is 2.24. The summed E-state index contributed by atoms with van der Waals surface area (Å²) in [4.78, 5) is 35.0. The Morgan fingerprint density at radius 3 is 2.31 bits per heavy atom. The van der Waals surface area contributed by atoms with Gasteiger partial charge in [0.1, 0.15) is 11.3 Å². The molecule has 0 fully saturated rings. The number of amides is 2. The maximum Gasteiger partial charge on any atom is 0.282 e. The number of ether oxygens (including phenoxy) is 1. The molecule has 0 heterocycles. The topological polar surface area (TPSA) is 123 Å². The van der Waals surface area contributed by atoms with Crippen LogP contribution in [0.25, 0.3) is 0 Å². The zero-order valence-corrected chi connectivity index (χ0v) is 16.6. The molecular weight excluding hydrogens is 396 g/mol. The number of rotatable bonds is 6. The quantitative estimate of drug-likeness (QED) is 0.376. The number of benzene rings is 2. The van der Waals surface area contributed by atoms with E-state index in [9.17, 15) is 19.7 Å². The van der Waals surface area contributed by atoms with E-state index in [1.807, 2.05) is 13.8 Å². The number of carbonyl (C=O) groups is 2. The SMILES string of the molecule is CC(C)COc1ccccc1C(=O)NC(=S)NNC(=O)c1ccccc1[N+](=O)[O-]. The van der Waals surface area contributed by atoms with Gasteiger partial charge in [0.2, 0.25) is 0 Å². The van der Waals surface area contributed by atoms with Crippen LogP contribution in [0.5, 0.6) is 5.75 Å². The molecule has 10 heteroatoms. The first-order chi connectivity index (χ1) is 13.8. The highest BCUT2D eigenvalue weighted by Gasteiger charge is 2.19. The van der Waals surface area contributed by atoms with Gasteiger partial charge in [0.15, 0.2) is 5.11 Å². The second-order valence-electron chi connectivity index (χ2n) is 6.34. The van der Waals surface area contributed by atoms with E-state index in [0.29, 0.717) is 12.4 Å². The van der Waals surface area contributed by atoms with Crippen molar-refractivity contribution in [2.45, 2.75) is 13.8 Å². The van der Waals surface area contributed by atoms with E-state index in [0.717, 1.165) is 0 Å². The Morgan fingerprint density at radius 1 is 1.03 bits per heavy atom. The molecule has 0 aromatic heterocycles. The van der Waals surface area contributed by atoms with Crippen molar-refractivity contribution in [3.8, 4) is 5.75 Å². The molecule has 9 nitrogen and oxygen atoms in total. The summed E-state index contributed by atoms with van der Waals surface area (Å²) in [5.41, 5.74) is 4.36. The standard InChI is InChI=1S/C19H20N4O5S/c1-12(2)11-28-16-10-6-4-8-14(16)17(24)20-19(29)22-21-18(25)13-7-3-5-9-15(13)23(26)27/h3-10,12H,11H2,1-2H3,(H,21,25)(H2,20,22,24,29). The number of thiocarbonyl (C=S) groups is 1. The molecule has 0 saturated heterocycles. The number of nitrogens with zero attached hydrogens (tertiary/aromatic N) is 1. The van der Waals surface area contributed by atoms with Gasteiger partial charge in [-0.15, -0.1) is 0 Å². The van der Waals surface area contributed by atoms with Crippen LogP contribution < -0.4 is 20.9 Å². The number of hydrogen-bond donors (Lipinski definition) is 3. The number of hydrazine groups is 1. The molecule has 2 amide bonds. The highest BCUT2D eigenvalue weighted by molar-refractivity contribution is 7.80. The maximum absolute atomic E-state index is 12.5. The van der Waals surface area contributed by atoms with Crippen LogP contribution >= 0.6 is 12.2 Å². The first-order valence-electron chi connectivity index (χ1n) is 8.66. The Morgan fingerprint density at radius 2 is 1.66 bits per heavy atom. The zero-order chi connectivity index (χ0) is 21.4. The van der Waals surface area contributed by atoms with Crippen molar-refractivity contribution in [1.82, 2.24) is 16.2 Å². The lowest BCUT2D eigenvalue weighted by molar-refractivity contribution is -0.385. The van der Waals surface area contributed by atoms with E-state index in [-0.39, 0.29) is 27.8 Å². The first-order valence-corrected chi connectivity index (χ1v) is 9.07. The van der Waals surface area contributed by atoms with Gasteiger partial charge >= 0.3 is 0 Å². The Bertz CT molecular complexity index is 932. The number of nitrogens with one attached hydrogen (secondary N) is 3. The molecule has 2 aromatic rings. The molecule has 0 radical (unpaired) electrons. The minimum Gasteiger partial charge on any atom is -0.492 e. The third kappa shape index (κ3) is 6.25. The van der Waals surface area contributed by atoms with E-state index in [2.05, 4.69) is 16.2 Å². The van der Waals surface area contributed by atoms with Crippen molar-refractivity contribution in [3.05, 3.63) is 69.8 Å². The Labute approximate surface area is 172 Å². The smallest absolute Gasteiger partial charge is 0.282 e. The average Bonchev–Trinajstić information content (AvgIpc) is 2.70. The Balaban J connectivity index is 1.97. The fourth-order valence-corrected chi connectivity index (χ4v) is 2.39. The predicted octanol–water partition coefficient (Wildman–Crippen LogP) is 2.58. The van der Waals surface area contributed by atoms with Crippen LogP contribution in [0.3, 0.4) is 0 Å². The van der Waals surface area contributed by atoms with Gasteiger partial charge in [-0.3, -0.25) is 35.9 Å². The van der Waals surface area contributed by atoms with Gasteiger partial charge < -0.3 is 4.74 Å². The van der Waals surface area contributed by atoms with Crippen molar-refractivity contribution in [2.75, 3.05) is 6.61 Å². The van der Waals surface area contributed by atoms with Gasteiger partial charge in [-0.1, -0.05) is 38.1 Å². The molecule has 0 bridgehead atoms. The molecule has 29 heavy (non-hydrogen) atoms. The van der Waals surface area contributed by atoms with Gasteiger partial charge in [-0.25, -0.2) is 0 Å². The lowest BCUT2D eigenvalue weighted by atomic mass is 10.2. The summed E-state index contributed by atoms with van der Waals surface area (Å²) in [5, 5.41) is 13.2. The van der Waals surface area contributed by atoms with Crippen molar-refractivity contribution in [3.63, 3.8) is 0 Å². The minimum absolute atomic E-state index is 0.147. The van der Waals surface area contributed by atoms with Crippen molar-refractivity contribution >= 4 is 34.8 Å². The molecule has 0 saturated carbocycles. The molecular formula is C19H20N4O5S. The van der Waals surface area contributed by atoms with E-state index in [4.69, 9.17) is 17.0 Å². The molecule has 0 spiro atoms. The van der Waals surface area contributed by atoms with Gasteiger partial charge in [0.25, 0.3) is 17.5 Å². The summed E-state index contributed by atoms with van der Waals surface area (Å²) in [6, 6.07) is 12.1. The van der Waals surface area contributed by atoms with Crippen LogP contribution in [-0.2, 0) is 0 Å². The maximum atomic E-state index is 12.5. The predicted molar refractivity (Wildman–Crippen MR) is 111 cm³/mol. The summed E-state index contributed by atoms with van der Waals surface area (Å²) in [6.07, 6.45) is 0. The molecule has 0 aliphatic rings. The number of carbonyl (C=O) groups excluding carboxylic acids is 2. The van der Waals surface area contributed by atoms with Crippen LogP contribution in [0.2, 0.25) is 0 Å². The van der Waals surface area contributed by atoms with Gasteiger partial charge in [-0.05, 0) is 36.3 Å². The third-order valence-corrected chi connectivity index (χ3v) is 3.77. The molecule has 2 rings (SSSR count). The van der Waals surface area contributed by atoms with Crippen LogP contribution in [0, 0.1) is 16.0 Å². The van der Waals surface area contributed by atoms with E-state index >= 15 is 0 Å². The lowest BCUT2D eigenvalue weighted by Gasteiger charge is -2.14. The Hall–Kier alpha value is -3.53. The normalized spacial score (nSPS) is 10.2. The van der Waals surface area contributed by atoms with Crippen LogP contribution in [-0.4, -0.2) is 28.5 Å². The molecule has 0 unspecified atom stereocenters. The largest absolute Gasteiger partial charge is 0.492 e. The van der Waals surface area contributed by atoms with Gasteiger partial charge in [0, 0.05) is 6.07 Å². The average molecular weight is 416 g/mol. The van der Waals surface area contributed by atoms with Crippen LogP contribution in [0.1, 0.15) is 34.6 Å². The van der Waals surface area contributed by atoms with Crippen molar-refractivity contribution < 1.29 is 19.2 Å². The van der Waals surface area contributed by atoms with Crippen molar-refractivity contribution in [1.29, 1.82) is 0 Å². The number of nitro benzene ring substituents is 1. The van der Waals surface area contributed by atoms with Crippen LogP contribution in [0.4, 0.5) is 5.69 Å². The fraction of sp³-hybridized carbons (Fsp3) is 0.211. The summed E-state index contributed by atoms with van der Waals surface area (Å²) >= 11 is 5.00. The summed E-state index contributed by atoms with van der Waals surface area (Å²) in [5.74, 6) is -0.604. The van der Waals surface area contributed by atoms with Gasteiger partial charge in [-0.2, -0.15) is 0 Å². The molecule has 0 atom stereocenters. The van der Waals surface area contributed by atoms with E-state index in [1.54, 1.807) is 24.3 Å².